The van der Waals surface area contributed by atoms with Crippen LogP contribution in [0.2, 0.25) is 0 Å². The summed E-state index contributed by atoms with van der Waals surface area (Å²) in [6, 6.07) is 7.96. The zero-order valence-electron chi connectivity index (χ0n) is 12.3. The predicted octanol–water partition coefficient (Wildman–Crippen LogP) is 3.10. The van der Waals surface area contributed by atoms with Crippen LogP contribution in [-0.2, 0) is 19.2 Å². The molecule has 7 heteroatoms. The lowest BCUT2D eigenvalue weighted by Crippen LogP contribution is -2.38. The van der Waals surface area contributed by atoms with Gasteiger partial charge in [0, 0.05) is 0 Å². The summed E-state index contributed by atoms with van der Waals surface area (Å²) in [4.78, 5) is 11.7. The fourth-order valence-corrected chi connectivity index (χ4v) is 2.79. The Morgan fingerprint density at radius 2 is 1.81 bits per heavy atom. The Kier molecular flexibility index (Phi) is 7.18. The molecule has 0 aliphatic rings. The van der Waals surface area contributed by atoms with Gasteiger partial charge in [-0.15, -0.1) is 4.31 Å². The maximum atomic E-state index is 12.2. The van der Waals surface area contributed by atoms with E-state index in [-0.39, 0.29) is 12.3 Å². The molecule has 0 unspecified atom stereocenters. The maximum Gasteiger partial charge on any atom is 0.429 e. The van der Waals surface area contributed by atoms with E-state index in [2.05, 4.69) is 11.7 Å². The molecule has 0 radical (unpaired) electrons. The fraction of sp³-hybridized carbons (Fsp3) is 0.500. The third kappa shape index (κ3) is 5.35. The number of ether oxygens (including phenoxy) is 1. The summed E-state index contributed by atoms with van der Waals surface area (Å²) in [6.45, 7) is 2.11. The molecule has 0 atom stereocenters. The normalized spacial score (nSPS) is 11.1. The van der Waals surface area contributed by atoms with Crippen LogP contribution in [0.4, 0.5) is 10.5 Å². The van der Waals surface area contributed by atoms with Crippen molar-refractivity contribution in [2.45, 2.75) is 32.6 Å². The van der Waals surface area contributed by atoms with Crippen LogP contribution in [0.1, 0.15) is 32.6 Å². The average molecular weight is 315 g/mol. The first kappa shape index (κ1) is 17.5. The SMILES string of the molecule is CCCCCCOS(=O)(=O)N(C(=O)OC)c1ccccc1. The number of hydrogen-bond donors (Lipinski definition) is 0. The molecule has 0 heterocycles. The number of anilines is 1. The molecule has 6 nitrogen and oxygen atoms in total. The minimum atomic E-state index is -4.22. The molecule has 1 aromatic rings. The first-order valence-electron chi connectivity index (χ1n) is 6.85. The van der Waals surface area contributed by atoms with E-state index in [4.69, 9.17) is 4.18 Å². The number of para-hydroxylation sites is 1. The Morgan fingerprint density at radius 3 is 2.38 bits per heavy atom. The quantitative estimate of drug-likeness (QED) is 0.689. The van der Waals surface area contributed by atoms with Crippen LogP contribution < -0.4 is 4.31 Å². The molecule has 0 N–H and O–H groups in total. The lowest BCUT2D eigenvalue weighted by atomic mass is 10.2. The summed E-state index contributed by atoms with van der Waals surface area (Å²) >= 11 is 0. The van der Waals surface area contributed by atoms with Crippen LogP contribution in [0.15, 0.2) is 30.3 Å². The summed E-state index contributed by atoms with van der Waals surface area (Å²) in [5, 5.41) is 0. The van der Waals surface area contributed by atoms with Gasteiger partial charge < -0.3 is 4.74 Å². The highest BCUT2D eigenvalue weighted by Gasteiger charge is 2.31. The predicted molar refractivity (Wildman–Crippen MR) is 80.3 cm³/mol. The van der Waals surface area contributed by atoms with Crippen LogP contribution in [0.5, 0.6) is 0 Å². The number of carbonyl (C=O) groups excluding carboxylic acids is 1. The summed E-state index contributed by atoms with van der Waals surface area (Å²) in [7, 11) is -3.10. The van der Waals surface area contributed by atoms with Gasteiger partial charge in [-0.2, -0.15) is 8.42 Å². The van der Waals surface area contributed by atoms with Crippen LogP contribution in [-0.4, -0.2) is 28.2 Å². The fourth-order valence-electron chi connectivity index (χ4n) is 1.72. The van der Waals surface area contributed by atoms with Gasteiger partial charge in [0.15, 0.2) is 0 Å². The number of unbranched alkanes of at least 4 members (excludes halogenated alkanes) is 3. The van der Waals surface area contributed by atoms with Gasteiger partial charge in [-0.1, -0.05) is 44.4 Å². The molecule has 0 saturated carbocycles. The minimum absolute atomic E-state index is 0.0443. The summed E-state index contributed by atoms with van der Waals surface area (Å²) in [5.41, 5.74) is 0.179. The third-order valence-corrected chi connectivity index (χ3v) is 4.06. The maximum absolute atomic E-state index is 12.2. The van der Waals surface area contributed by atoms with Crippen molar-refractivity contribution in [3.8, 4) is 0 Å². The smallest absolute Gasteiger partial charge is 0.429 e. The van der Waals surface area contributed by atoms with Crippen LogP contribution in [0.3, 0.4) is 0 Å². The molecule has 21 heavy (non-hydrogen) atoms. The van der Waals surface area contributed by atoms with Crippen LogP contribution in [0, 0.1) is 0 Å². The molecule has 0 spiro atoms. The van der Waals surface area contributed by atoms with E-state index < -0.39 is 16.4 Å². The molecule has 0 fully saturated rings. The molecule has 1 amide bonds. The number of carbonyl (C=O) groups is 1. The first-order valence-corrected chi connectivity index (χ1v) is 8.22. The molecule has 118 valence electrons. The number of amides is 1. The van der Waals surface area contributed by atoms with E-state index in [0.717, 1.165) is 26.4 Å². The highest BCUT2D eigenvalue weighted by Crippen LogP contribution is 2.20. The zero-order valence-corrected chi connectivity index (χ0v) is 13.1. The Bertz CT molecular complexity index is 530. The largest absolute Gasteiger partial charge is 0.452 e. The summed E-state index contributed by atoms with van der Waals surface area (Å²) < 4.78 is 34.3. The van der Waals surface area contributed by atoms with Crippen molar-refractivity contribution in [2.24, 2.45) is 0 Å². The summed E-state index contributed by atoms with van der Waals surface area (Å²) in [6.07, 6.45) is 2.56. The minimum Gasteiger partial charge on any atom is -0.452 e. The van der Waals surface area contributed by atoms with E-state index in [1.165, 1.54) is 12.1 Å². The Morgan fingerprint density at radius 1 is 1.14 bits per heavy atom. The molecule has 0 bridgehead atoms. The highest BCUT2D eigenvalue weighted by atomic mass is 32.2. The van der Waals surface area contributed by atoms with E-state index in [1.807, 2.05) is 0 Å². The molecule has 0 saturated heterocycles. The molecule has 0 aliphatic heterocycles. The van der Waals surface area contributed by atoms with E-state index in [1.54, 1.807) is 18.2 Å². The second kappa shape index (κ2) is 8.63. The first-order chi connectivity index (χ1) is 10.0. The lowest BCUT2D eigenvalue weighted by Gasteiger charge is -2.20. The van der Waals surface area contributed by atoms with Gasteiger partial charge in [-0.05, 0) is 18.6 Å². The Labute approximate surface area is 125 Å². The molecule has 0 aliphatic carbocycles. The number of benzene rings is 1. The van der Waals surface area contributed by atoms with Crippen LogP contribution >= 0.6 is 0 Å². The zero-order chi connectivity index (χ0) is 15.7. The Hall–Kier alpha value is -1.60. The van der Waals surface area contributed by atoms with Gasteiger partial charge in [-0.25, -0.2) is 4.79 Å². The van der Waals surface area contributed by atoms with Gasteiger partial charge in [0.25, 0.3) is 0 Å². The molecule has 1 rings (SSSR count). The number of rotatable bonds is 8. The van der Waals surface area contributed by atoms with Gasteiger partial charge in [0.2, 0.25) is 0 Å². The van der Waals surface area contributed by atoms with E-state index >= 15 is 0 Å². The topological polar surface area (TPSA) is 72.9 Å². The standard InChI is InChI=1S/C14H21NO5S/c1-3-4-5-9-12-20-21(17,18)15(14(16)19-2)13-10-7-6-8-11-13/h6-8,10-11H,3-5,9,12H2,1-2H3. The highest BCUT2D eigenvalue weighted by molar-refractivity contribution is 7.89. The third-order valence-electron chi connectivity index (χ3n) is 2.78. The van der Waals surface area contributed by atoms with Crippen molar-refractivity contribution in [1.29, 1.82) is 0 Å². The monoisotopic (exact) mass is 315 g/mol. The second-order valence-electron chi connectivity index (χ2n) is 4.41. The second-order valence-corrected chi connectivity index (χ2v) is 5.87. The van der Waals surface area contributed by atoms with Crippen molar-refractivity contribution in [1.82, 2.24) is 0 Å². The Balaban J connectivity index is 2.80. The van der Waals surface area contributed by atoms with Crippen molar-refractivity contribution in [2.75, 3.05) is 18.0 Å². The molecular weight excluding hydrogens is 294 g/mol. The number of nitrogens with zero attached hydrogens (tertiary/aromatic N) is 1. The van der Waals surface area contributed by atoms with Crippen molar-refractivity contribution in [3.63, 3.8) is 0 Å². The molecular formula is C14H21NO5S. The number of methoxy groups -OCH3 is 1. The van der Waals surface area contributed by atoms with Crippen molar-refractivity contribution < 1.29 is 22.1 Å². The van der Waals surface area contributed by atoms with Gasteiger partial charge in [0.1, 0.15) is 0 Å². The lowest BCUT2D eigenvalue weighted by molar-refractivity contribution is 0.181. The van der Waals surface area contributed by atoms with Crippen molar-refractivity contribution >= 4 is 22.1 Å². The molecule has 0 aromatic heterocycles. The molecule has 1 aromatic carbocycles. The van der Waals surface area contributed by atoms with E-state index in [9.17, 15) is 13.2 Å². The average Bonchev–Trinajstić information content (AvgIpc) is 2.47. The van der Waals surface area contributed by atoms with Gasteiger partial charge >= 0.3 is 16.4 Å². The van der Waals surface area contributed by atoms with Gasteiger partial charge in [-0.3, -0.25) is 4.18 Å². The van der Waals surface area contributed by atoms with Gasteiger partial charge in [0.05, 0.1) is 19.4 Å². The summed E-state index contributed by atoms with van der Waals surface area (Å²) in [5.74, 6) is 0. The van der Waals surface area contributed by atoms with Crippen molar-refractivity contribution in [3.05, 3.63) is 30.3 Å². The number of hydrogen-bond acceptors (Lipinski definition) is 5. The van der Waals surface area contributed by atoms with E-state index in [0.29, 0.717) is 10.7 Å². The van der Waals surface area contributed by atoms with Crippen LogP contribution in [0.25, 0.3) is 0 Å².